The fourth-order valence-corrected chi connectivity index (χ4v) is 2.84. The minimum absolute atomic E-state index is 0.702. The van der Waals surface area contributed by atoms with Gasteiger partial charge in [0.1, 0.15) is 11.5 Å². The molecule has 126 valence electrons. The highest BCUT2D eigenvalue weighted by Gasteiger charge is 2.03. The quantitative estimate of drug-likeness (QED) is 0.531. The first-order chi connectivity index (χ1) is 11.8. The number of nitrogens with zero attached hydrogens (tertiary/aromatic N) is 1. The van der Waals surface area contributed by atoms with Crippen molar-refractivity contribution in [2.45, 2.75) is 33.2 Å². The molecule has 3 aromatic rings. The second kappa shape index (κ2) is 7.91. The Morgan fingerprint density at radius 2 is 1.67 bits per heavy atom. The normalized spacial score (nSPS) is 10.9. The minimum atomic E-state index is 0.702. The first-order valence-electron chi connectivity index (χ1n) is 8.67. The summed E-state index contributed by atoms with van der Waals surface area (Å²) in [5, 5.41) is 1.23. The van der Waals surface area contributed by atoms with Crippen molar-refractivity contribution >= 4 is 10.9 Å². The molecule has 24 heavy (non-hydrogen) atoms. The van der Waals surface area contributed by atoms with Crippen molar-refractivity contribution in [2.24, 2.45) is 0 Å². The van der Waals surface area contributed by atoms with Gasteiger partial charge in [-0.15, -0.1) is 0 Å². The third-order valence-corrected chi connectivity index (χ3v) is 4.14. The van der Waals surface area contributed by atoms with Crippen molar-refractivity contribution in [1.29, 1.82) is 0 Å². The van der Waals surface area contributed by atoms with Crippen molar-refractivity contribution in [2.75, 3.05) is 13.2 Å². The zero-order valence-electron chi connectivity index (χ0n) is 14.5. The molecule has 0 atom stereocenters. The lowest BCUT2D eigenvalue weighted by Gasteiger charge is -2.08. The fourth-order valence-electron chi connectivity index (χ4n) is 2.84. The van der Waals surface area contributed by atoms with Crippen LogP contribution in [0.25, 0.3) is 10.9 Å². The van der Waals surface area contributed by atoms with E-state index in [2.05, 4.69) is 48.0 Å². The van der Waals surface area contributed by atoms with E-state index < -0.39 is 0 Å². The Bertz CT molecular complexity index is 774. The molecular weight excluding hydrogens is 298 g/mol. The summed E-state index contributed by atoms with van der Waals surface area (Å²) in [6, 6.07) is 16.7. The standard InChI is InChI=1S/C21H25NO2/c1-3-23-20-10-11-21-18(16-20)12-14-22(21)13-4-5-15-24-19-8-6-17(2)7-9-19/h6-12,14,16H,3-5,13,15H2,1-2H3. The number of aromatic nitrogens is 1. The molecule has 0 fully saturated rings. The Morgan fingerprint density at radius 3 is 2.46 bits per heavy atom. The lowest BCUT2D eigenvalue weighted by molar-refractivity contribution is 0.303. The van der Waals surface area contributed by atoms with E-state index in [1.54, 1.807) is 0 Å². The molecule has 0 aliphatic heterocycles. The van der Waals surface area contributed by atoms with Crippen LogP contribution in [0, 0.1) is 6.92 Å². The molecule has 0 aliphatic rings. The Kier molecular flexibility index (Phi) is 5.42. The van der Waals surface area contributed by atoms with Gasteiger partial charge in [0, 0.05) is 23.6 Å². The molecule has 1 heterocycles. The molecule has 0 bridgehead atoms. The van der Waals surface area contributed by atoms with Gasteiger partial charge >= 0.3 is 0 Å². The summed E-state index contributed by atoms with van der Waals surface area (Å²) in [5.74, 6) is 1.89. The van der Waals surface area contributed by atoms with Gasteiger partial charge in [-0.1, -0.05) is 17.7 Å². The topological polar surface area (TPSA) is 23.4 Å². The van der Waals surface area contributed by atoms with Crippen LogP contribution >= 0.6 is 0 Å². The highest BCUT2D eigenvalue weighted by Crippen LogP contribution is 2.22. The van der Waals surface area contributed by atoms with E-state index in [1.165, 1.54) is 16.5 Å². The maximum atomic E-state index is 5.78. The average Bonchev–Trinajstić information content (AvgIpc) is 2.99. The molecule has 0 amide bonds. The van der Waals surface area contributed by atoms with Crippen LogP contribution in [0.4, 0.5) is 0 Å². The molecule has 0 N–H and O–H groups in total. The number of ether oxygens (including phenoxy) is 2. The molecule has 3 rings (SSSR count). The Hall–Kier alpha value is -2.42. The Balaban J connectivity index is 1.48. The summed E-state index contributed by atoms with van der Waals surface area (Å²) in [7, 11) is 0. The molecule has 3 nitrogen and oxygen atoms in total. The first kappa shape index (κ1) is 16.4. The summed E-state index contributed by atoms with van der Waals surface area (Å²) < 4.78 is 13.6. The number of unbranched alkanes of at least 4 members (excludes halogenated alkanes) is 1. The van der Waals surface area contributed by atoms with Crippen molar-refractivity contribution in [3.8, 4) is 11.5 Å². The van der Waals surface area contributed by atoms with Crippen LogP contribution in [0.5, 0.6) is 11.5 Å². The molecular formula is C21H25NO2. The van der Waals surface area contributed by atoms with Gasteiger partial charge in [0.2, 0.25) is 0 Å². The molecule has 0 saturated carbocycles. The summed E-state index contributed by atoms with van der Waals surface area (Å²) >= 11 is 0. The molecule has 0 unspecified atom stereocenters. The smallest absolute Gasteiger partial charge is 0.120 e. The number of hydrogen-bond donors (Lipinski definition) is 0. The van der Waals surface area contributed by atoms with E-state index >= 15 is 0 Å². The minimum Gasteiger partial charge on any atom is -0.494 e. The van der Waals surface area contributed by atoms with Gasteiger partial charge in [-0.2, -0.15) is 0 Å². The van der Waals surface area contributed by atoms with Gasteiger partial charge in [-0.05, 0) is 63.1 Å². The average molecular weight is 323 g/mol. The lowest BCUT2D eigenvalue weighted by atomic mass is 10.2. The summed E-state index contributed by atoms with van der Waals surface area (Å²) in [4.78, 5) is 0. The molecule has 0 saturated heterocycles. The van der Waals surface area contributed by atoms with Gasteiger partial charge in [-0.25, -0.2) is 0 Å². The third-order valence-electron chi connectivity index (χ3n) is 4.14. The highest BCUT2D eigenvalue weighted by atomic mass is 16.5. The van der Waals surface area contributed by atoms with Gasteiger partial charge in [0.25, 0.3) is 0 Å². The van der Waals surface area contributed by atoms with E-state index in [1.807, 2.05) is 25.1 Å². The summed E-state index contributed by atoms with van der Waals surface area (Å²) in [5.41, 5.74) is 2.52. The van der Waals surface area contributed by atoms with Crippen LogP contribution in [0.15, 0.2) is 54.7 Å². The molecule has 0 aliphatic carbocycles. The van der Waals surface area contributed by atoms with Crippen molar-refractivity contribution in [1.82, 2.24) is 4.57 Å². The maximum absolute atomic E-state index is 5.78. The first-order valence-corrected chi connectivity index (χ1v) is 8.67. The monoisotopic (exact) mass is 323 g/mol. The van der Waals surface area contributed by atoms with E-state index in [0.717, 1.165) is 37.5 Å². The Morgan fingerprint density at radius 1 is 0.875 bits per heavy atom. The number of benzene rings is 2. The molecule has 0 radical (unpaired) electrons. The molecule has 1 aromatic heterocycles. The van der Waals surface area contributed by atoms with E-state index in [9.17, 15) is 0 Å². The van der Waals surface area contributed by atoms with Crippen LogP contribution < -0.4 is 9.47 Å². The van der Waals surface area contributed by atoms with Crippen LogP contribution in [-0.2, 0) is 6.54 Å². The van der Waals surface area contributed by atoms with Crippen molar-refractivity contribution in [3.05, 3.63) is 60.3 Å². The largest absolute Gasteiger partial charge is 0.494 e. The predicted molar refractivity (Wildman–Crippen MR) is 99.0 cm³/mol. The number of aryl methyl sites for hydroxylation is 2. The lowest BCUT2D eigenvalue weighted by Crippen LogP contribution is -2.01. The maximum Gasteiger partial charge on any atom is 0.120 e. The van der Waals surface area contributed by atoms with E-state index in [0.29, 0.717) is 6.61 Å². The van der Waals surface area contributed by atoms with Crippen molar-refractivity contribution < 1.29 is 9.47 Å². The van der Waals surface area contributed by atoms with Crippen LogP contribution in [0.2, 0.25) is 0 Å². The number of rotatable bonds is 8. The van der Waals surface area contributed by atoms with Gasteiger partial charge in [0.15, 0.2) is 0 Å². The van der Waals surface area contributed by atoms with Gasteiger partial charge < -0.3 is 14.0 Å². The fraction of sp³-hybridized carbons (Fsp3) is 0.333. The second-order valence-electron chi connectivity index (χ2n) is 6.03. The summed E-state index contributed by atoms with van der Waals surface area (Å²) in [6.45, 7) is 6.56. The predicted octanol–water partition coefficient (Wildman–Crippen LogP) is 5.21. The Labute approximate surface area is 143 Å². The van der Waals surface area contributed by atoms with Crippen LogP contribution in [-0.4, -0.2) is 17.8 Å². The molecule has 3 heteroatoms. The third kappa shape index (κ3) is 4.10. The molecule has 2 aromatic carbocycles. The van der Waals surface area contributed by atoms with E-state index in [-0.39, 0.29) is 0 Å². The number of fused-ring (bicyclic) bond motifs is 1. The SMILES string of the molecule is CCOc1ccc2c(ccn2CCCCOc2ccc(C)cc2)c1. The molecule has 0 spiro atoms. The zero-order valence-corrected chi connectivity index (χ0v) is 14.5. The number of hydrogen-bond acceptors (Lipinski definition) is 2. The highest BCUT2D eigenvalue weighted by molar-refractivity contribution is 5.81. The second-order valence-corrected chi connectivity index (χ2v) is 6.03. The van der Waals surface area contributed by atoms with Crippen molar-refractivity contribution in [3.63, 3.8) is 0 Å². The van der Waals surface area contributed by atoms with Crippen LogP contribution in [0.1, 0.15) is 25.3 Å². The zero-order chi connectivity index (χ0) is 16.8. The van der Waals surface area contributed by atoms with Gasteiger partial charge in [0.05, 0.1) is 13.2 Å². The van der Waals surface area contributed by atoms with E-state index in [4.69, 9.17) is 9.47 Å². The van der Waals surface area contributed by atoms with Gasteiger partial charge in [-0.3, -0.25) is 0 Å². The summed E-state index contributed by atoms with van der Waals surface area (Å²) in [6.07, 6.45) is 4.30. The van der Waals surface area contributed by atoms with Crippen LogP contribution in [0.3, 0.4) is 0 Å².